The molecule has 1 atom stereocenters. The van der Waals surface area contributed by atoms with Crippen LogP contribution in [0.4, 0.5) is 0 Å². The average molecular weight is 355 g/mol. The Bertz CT molecular complexity index is 718. The van der Waals surface area contributed by atoms with Crippen LogP contribution in [0.2, 0.25) is 0 Å². The van der Waals surface area contributed by atoms with Crippen LogP contribution in [0.5, 0.6) is 0 Å². The third-order valence-corrected chi connectivity index (χ3v) is 3.07. The predicted molar refractivity (Wildman–Crippen MR) is 101 cm³/mol. The van der Waals surface area contributed by atoms with Gasteiger partial charge in [0.2, 0.25) is 0 Å². The molecule has 0 aliphatic carbocycles. The molecule has 0 aliphatic heterocycles. The summed E-state index contributed by atoms with van der Waals surface area (Å²) in [5.74, 6) is 1.56. The van der Waals surface area contributed by atoms with Gasteiger partial charge in [-0.1, -0.05) is 48.4 Å². The van der Waals surface area contributed by atoms with Crippen LogP contribution < -0.4 is 5.32 Å². The summed E-state index contributed by atoms with van der Waals surface area (Å²) in [5.41, 5.74) is 0.492. The second-order valence-corrected chi connectivity index (χ2v) is 6.42. The van der Waals surface area contributed by atoms with Gasteiger partial charge in [0.25, 0.3) is 0 Å². The van der Waals surface area contributed by atoms with Gasteiger partial charge < -0.3 is 14.8 Å². The van der Waals surface area contributed by atoms with Crippen molar-refractivity contribution in [3.8, 4) is 12.0 Å². The molecule has 26 heavy (non-hydrogen) atoms. The van der Waals surface area contributed by atoms with Crippen LogP contribution in [0, 0.1) is 12.0 Å². The fourth-order valence-electron chi connectivity index (χ4n) is 1.88. The minimum absolute atomic E-state index is 0.106. The van der Waals surface area contributed by atoms with Crippen LogP contribution >= 0.6 is 0 Å². The molecule has 1 aromatic carbocycles. The number of ether oxygens (including phenoxy) is 2. The second-order valence-electron chi connectivity index (χ2n) is 6.42. The molecule has 0 aliphatic rings. The van der Waals surface area contributed by atoms with Gasteiger partial charge in [-0.3, -0.25) is 0 Å². The molecule has 0 radical (unpaired) electrons. The summed E-state index contributed by atoms with van der Waals surface area (Å²) >= 11 is 0. The number of carbonyl (C=O) groups excluding carboxylic acids is 2. The first-order chi connectivity index (χ1) is 12.3. The Morgan fingerprint density at radius 2 is 1.92 bits per heavy atom. The van der Waals surface area contributed by atoms with Crippen LogP contribution in [0.25, 0.3) is 0 Å². The summed E-state index contributed by atoms with van der Waals surface area (Å²) in [5, 5.41) is 2.76. The highest BCUT2D eigenvalue weighted by atomic mass is 16.6. The minimum Gasteiger partial charge on any atom is -0.458 e. The molecular formula is C21H25NO4. The SMILES string of the molecule is C=C[C@H](N/C(=C\C)C(=O)OC#CCc1ccccc1)C(=O)OC(C)(C)C. The van der Waals surface area contributed by atoms with E-state index in [1.807, 2.05) is 30.3 Å². The number of hydrogen-bond donors (Lipinski definition) is 1. The monoisotopic (exact) mass is 355 g/mol. The van der Waals surface area contributed by atoms with E-state index in [2.05, 4.69) is 23.9 Å². The van der Waals surface area contributed by atoms with Crippen LogP contribution in [-0.4, -0.2) is 23.6 Å². The Morgan fingerprint density at radius 1 is 1.27 bits per heavy atom. The first-order valence-electron chi connectivity index (χ1n) is 8.28. The van der Waals surface area contributed by atoms with Crippen molar-refractivity contribution in [3.63, 3.8) is 0 Å². The molecular weight excluding hydrogens is 330 g/mol. The van der Waals surface area contributed by atoms with Gasteiger partial charge in [-0.05, 0) is 33.3 Å². The highest BCUT2D eigenvalue weighted by Crippen LogP contribution is 2.10. The predicted octanol–water partition coefficient (Wildman–Crippen LogP) is 3.12. The molecule has 0 saturated heterocycles. The van der Waals surface area contributed by atoms with Crippen LogP contribution in [0.3, 0.4) is 0 Å². The third kappa shape index (κ3) is 7.71. The fraction of sp³-hybridized carbons (Fsp3) is 0.333. The zero-order valence-corrected chi connectivity index (χ0v) is 15.7. The summed E-state index contributed by atoms with van der Waals surface area (Å²) < 4.78 is 10.2. The smallest absolute Gasteiger partial charge is 0.367 e. The van der Waals surface area contributed by atoms with E-state index in [9.17, 15) is 9.59 Å². The Morgan fingerprint density at radius 3 is 2.46 bits per heavy atom. The first kappa shape index (κ1) is 21.0. The summed E-state index contributed by atoms with van der Waals surface area (Å²) in [4.78, 5) is 24.2. The van der Waals surface area contributed by atoms with E-state index < -0.39 is 23.6 Å². The Hall–Kier alpha value is -3.00. The lowest BCUT2D eigenvalue weighted by Crippen LogP contribution is -2.41. The number of benzene rings is 1. The van der Waals surface area contributed by atoms with Crippen molar-refractivity contribution in [2.45, 2.75) is 45.8 Å². The van der Waals surface area contributed by atoms with Gasteiger partial charge in [0.1, 0.15) is 23.4 Å². The minimum atomic E-state index is -0.870. The first-order valence-corrected chi connectivity index (χ1v) is 8.28. The molecule has 1 N–H and O–H groups in total. The lowest BCUT2D eigenvalue weighted by atomic mass is 10.2. The van der Waals surface area contributed by atoms with E-state index in [1.54, 1.807) is 27.7 Å². The highest BCUT2D eigenvalue weighted by molar-refractivity contribution is 5.90. The van der Waals surface area contributed by atoms with Crippen molar-refractivity contribution in [3.05, 3.63) is 60.3 Å². The van der Waals surface area contributed by atoms with Crippen LogP contribution in [-0.2, 0) is 25.5 Å². The number of carbonyl (C=O) groups is 2. The van der Waals surface area contributed by atoms with E-state index in [0.29, 0.717) is 6.42 Å². The second kappa shape index (κ2) is 10.1. The van der Waals surface area contributed by atoms with E-state index in [-0.39, 0.29) is 5.70 Å². The maximum Gasteiger partial charge on any atom is 0.367 e. The number of hydrogen-bond acceptors (Lipinski definition) is 5. The van der Waals surface area contributed by atoms with E-state index in [0.717, 1.165) is 5.56 Å². The Kier molecular flexibility index (Phi) is 8.17. The molecule has 138 valence electrons. The highest BCUT2D eigenvalue weighted by Gasteiger charge is 2.25. The molecule has 0 aromatic heterocycles. The quantitative estimate of drug-likeness (QED) is 0.368. The standard InChI is InChI=1S/C21H25NO4/c1-6-17(22-18(7-2)20(24)26-21(3,4)5)19(23)25-15-11-14-16-12-9-8-10-13-16/h6-10,12-13,18,22H,2,14H2,1,3-5H3/b17-6-/t18-/m0/s1. The van der Waals surface area contributed by atoms with Crippen molar-refractivity contribution >= 4 is 11.9 Å². The zero-order valence-electron chi connectivity index (χ0n) is 15.7. The van der Waals surface area contributed by atoms with Gasteiger partial charge in [-0.15, -0.1) is 6.58 Å². The number of allylic oxidation sites excluding steroid dienone is 1. The van der Waals surface area contributed by atoms with Crippen LogP contribution in [0.15, 0.2) is 54.8 Å². The molecule has 1 rings (SSSR count). The largest absolute Gasteiger partial charge is 0.458 e. The van der Waals surface area contributed by atoms with Gasteiger partial charge in [-0.25, -0.2) is 9.59 Å². The zero-order chi connectivity index (χ0) is 19.6. The molecule has 0 heterocycles. The Balaban J connectivity index is 2.63. The average Bonchev–Trinajstić information content (AvgIpc) is 2.59. The van der Waals surface area contributed by atoms with Gasteiger partial charge in [-0.2, -0.15) is 0 Å². The van der Waals surface area contributed by atoms with Crippen molar-refractivity contribution in [2.24, 2.45) is 0 Å². The topological polar surface area (TPSA) is 64.6 Å². The molecule has 0 unspecified atom stereocenters. The maximum atomic E-state index is 12.1. The number of esters is 2. The summed E-state index contributed by atoms with van der Waals surface area (Å²) in [6.07, 6.45) is 5.73. The van der Waals surface area contributed by atoms with Crippen molar-refractivity contribution < 1.29 is 19.1 Å². The molecule has 1 aromatic rings. The van der Waals surface area contributed by atoms with E-state index in [1.165, 1.54) is 12.2 Å². The van der Waals surface area contributed by atoms with Gasteiger partial charge in [0.15, 0.2) is 0 Å². The maximum absolute atomic E-state index is 12.1. The van der Waals surface area contributed by atoms with Gasteiger partial charge in [0, 0.05) is 6.42 Å². The lowest BCUT2D eigenvalue weighted by molar-refractivity contribution is -0.155. The molecule has 0 spiro atoms. The molecule has 5 heteroatoms. The van der Waals surface area contributed by atoms with Crippen LogP contribution in [0.1, 0.15) is 33.3 Å². The van der Waals surface area contributed by atoms with Crippen molar-refractivity contribution in [2.75, 3.05) is 0 Å². The molecule has 0 saturated carbocycles. The molecule has 0 amide bonds. The fourth-order valence-corrected chi connectivity index (χ4v) is 1.88. The van der Waals surface area contributed by atoms with Gasteiger partial charge in [0.05, 0.1) is 0 Å². The van der Waals surface area contributed by atoms with Gasteiger partial charge >= 0.3 is 11.9 Å². The van der Waals surface area contributed by atoms with Crippen molar-refractivity contribution in [1.82, 2.24) is 5.32 Å². The normalized spacial score (nSPS) is 12.2. The molecule has 0 bridgehead atoms. The summed E-state index contributed by atoms with van der Waals surface area (Å²) in [6, 6.07) is 8.75. The lowest BCUT2D eigenvalue weighted by Gasteiger charge is -2.23. The summed E-state index contributed by atoms with van der Waals surface area (Å²) in [6.45, 7) is 10.5. The van der Waals surface area contributed by atoms with Crippen molar-refractivity contribution in [1.29, 1.82) is 0 Å². The van der Waals surface area contributed by atoms with E-state index >= 15 is 0 Å². The Labute approximate surface area is 155 Å². The summed E-state index contributed by atoms with van der Waals surface area (Å²) in [7, 11) is 0. The molecule has 0 fully saturated rings. The number of nitrogens with one attached hydrogen (secondary N) is 1. The number of rotatable bonds is 6. The third-order valence-electron chi connectivity index (χ3n) is 3.07. The molecule has 5 nitrogen and oxygen atoms in total. The van der Waals surface area contributed by atoms with E-state index in [4.69, 9.17) is 9.47 Å².